The van der Waals surface area contributed by atoms with Crippen LogP contribution < -0.4 is 5.73 Å². The van der Waals surface area contributed by atoms with Crippen LogP contribution in [-0.2, 0) is 40.9 Å². The lowest BCUT2D eigenvalue weighted by molar-refractivity contribution is -0.124. The summed E-state index contributed by atoms with van der Waals surface area (Å²) in [6, 6.07) is 12.9. The minimum absolute atomic E-state index is 0.288. The fraction of sp³-hybridized carbons (Fsp3) is 0.440. The van der Waals surface area contributed by atoms with Crippen LogP contribution in [0.4, 0.5) is 0 Å². The number of hydrogen-bond acceptors (Lipinski definition) is 5. The maximum Gasteiger partial charge on any atom is 0.243 e. The van der Waals surface area contributed by atoms with Gasteiger partial charge in [-0.25, -0.2) is 13.4 Å². The molecule has 1 aromatic heterocycles. The summed E-state index contributed by atoms with van der Waals surface area (Å²) in [5, 5.41) is 0. The number of primary amides is 1. The molecule has 1 amide bonds. The molecule has 5 rings (SSSR count). The Hall–Kier alpha value is -2.75. The maximum absolute atomic E-state index is 13.2. The Balaban J connectivity index is 1.48. The van der Waals surface area contributed by atoms with E-state index in [1.54, 1.807) is 16.4 Å². The fourth-order valence-electron chi connectivity index (χ4n) is 5.25. The number of amides is 1. The van der Waals surface area contributed by atoms with Crippen LogP contribution in [0.5, 0.6) is 0 Å². The van der Waals surface area contributed by atoms with Crippen molar-refractivity contribution in [3.63, 3.8) is 0 Å². The molecule has 3 aromatic rings. The molecule has 9 heteroatoms. The van der Waals surface area contributed by atoms with Gasteiger partial charge in [-0.05, 0) is 55.5 Å². The number of aryl methyl sites for hydroxylation is 1. The van der Waals surface area contributed by atoms with Gasteiger partial charge in [0.25, 0.3) is 0 Å². The topological polar surface area (TPSA) is 102 Å². The maximum atomic E-state index is 13.2. The molecule has 0 bridgehead atoms. The molecule has 0 spiro atoms. The van der Waals surface area contributed by atoms with Crippen LogP contribution in [-0.4, -0.2) is 52.2 Å². The first-order chi connectivity index (χ1) is 16.4. The molecule has 2 N–H and O–H groups in total. The van der Waals surface area contributed by atoms with Crippen LogP contribution >= 0.6 is 0 Å². The highest BCUT2D eigenvalue weighted by Gasteiger charge is 2.31. The number of imidazole rings is 1. The number of nitrogens with two attached hydrogens (primary N) is 1. The first-order valence-electron chi connectivity index (χ1n) is 12.0. The van der Waals surface area contributed by atoms with E-state index in [1.165, 1.54) is 5.56 Å². The molecular weight excluding hydrogens is 450 g/mol. The van der Waals surface area contributed by atoms with Gasteiger partial charge < -0.3 is 10.3 Å². The number of rotatable bonds is 6. The van der Waals surface area contributed by atoms with Crippen molar-refractivity contribution in [1.29, 1.82) is 0 Å². The van der Waals surface area contributed by atoms with Crippen LogP contribution in [0, 0.1) is 0 Å². The fourth-order valence-corrected chi connectivity index (χ4v) is 6.79. The Morgan fingerprint density at radius 3 is 2.53 bits per heavy atom. The SMILES string of the molecule is CCn1c(CN2Cc3ccccc3C[C@H]2C(N)=O)nc2cc(S(=O)(=O)N3CCCCC3)ccc21. The van der Waals surface area contributed by atoms with E-state index in [4.69, 9.17) is 10.7 Å². The van der Waals surface area contributed by atoms with Gasteiger partial charge in [-0.1, -0.05) is 30.7 Å². The summed E-state index contributed by atoms with van der Waals surface area (Å²) < 4.78 is 30.0. The molecule has 0 unspecified atom stereocenters. The van der Waals surface area contributed by atoms with Gasteiger partial charge in [-0.15, -0.1) is 0 Å². The molecule has 2 aliphatic rings. The summed E-state index contributed by atoms with van der Waals surface area (Å²) in [6.07, 6.45) is 3.45. The number of aromatic nitrogens is 2. The molecule has 34 heavy (non-hydrogen) atoms. The van der Waals surface area contributed by atoms with Gasteiger partial charge in [0, 0.05) is 26.2 Å². The number of carbonyl (C=O) groups excluding carboxylic acids is 1. The summed E-state index contributed by atoms with van der Waals surface area (Å²) in [5.41, 5.74) is 9.66. The summed E-state index contributed by atoms with van der Waals surface area (Å²) in [7, 11) is -3.53. The molecule has 3 heterocycles. The molecule has 0 saturated carbocycles. The Bertz CT molecular complexity index is 1330. The second kappa shape index (κ2) is 9.13. The average molecular weight is 482 g/mol. The normalized spacial score (nSPS) is 19.9. The number of sulfonamides is 1. The predicted octanol–water partition coefficient (Wildman–Crippen LogP) is 2.64. The van der Waals surface area contributed by atoms with Gasteiger partial charge in [0.05, 0.1) is 28.5 Å². The van der Waals surface area contributed by atoms with Crippen molar-refractivity contribution >= 4 is 27.0 Å². The third kappa shape index (κ3) is 4.12. The summed E-state index contributed by atoms with van der Waals surface area (Å²) >= 11 is 0. The minimum atomic E-state index is -3.53. The average Bonchev–Trinajstić information content (AvgIpc) is 3.20. The largest absolute Gasteiger partial charge is 0.368 e. The molecule has 180 valence electrons. The lowest BCUT2D eigenvalue weighted by Crippen LogP contribution is -2.48. The zero-order chi connectivity index (χ0) is 23.9. The summed E-state index contributed by atoms with van der Waals surface area (Å²) in [4.78, 5) is 19.5. The smallest absolute Gasteiger partial charge is 0.243 e. The van der Waals surface area contributed by atoms with Crippen molar-refractivity contribution in [2.24, 2.45) is 5.73 Å². The number of piperidine rings is 1. The Morgan fingerprint density at radius 2 is 1.82 bits per heavy atom. The number of carbonyl (C=O) groups is 1. The van der Waals surface area contributed by atoms with E-state index in [0.717, 1.165) is 36.2 Å². The van der Waals surface area contributed by atoms with Gasteiger partial charge in [0.1, 0.15) is 5.82 Å². The van der Waals surface area contributed by atoms with E-state index in [9.17, 15) is 13.2 Å². The van der Waals surface area contributed by atoms with Crippen molar-refractivity contribution in [3.05, 3.63) is 59.4 Å². The molecule has 0 aliphatic carbocycles. The first kappa shape index (κ1) is 23.0. The van der Waals surface area contributed by atoms with E-state index >= 15 is 0 Å². The highest BCUT2D eigenvalue weighted by molar-refractivity contribution is 7.89. The lowest BCUT2D eigenvalue weighted by Gasteiger charge is -2.34. The summed E-state index contributed by atoms with van der Waals surface area (Å²) in [6.45, 7) is 4.94. The second-order valence-electron chi connectivity index (χ2n) is 9.18. The van der Waals surface area contributed by atoms with Crippen molar-refractivity contribution in [2.75, 3.05) is 13.1 Å². The summed E-state index contributed by atoms with van der Waals surface area (Å²) in [5.74, 6) is 0.458. The Kier molecular flexibility index (Phi) is 6.18. The first-order valence-corrected chi connectivity index (χ1v) is 13.4. The van der Waals surface area contributed by atoms with E-state index in [0.29, 0.717) is 44.7 Å². The number of hydrogen-bond donors (Lipinski definition) is 1. The van der Waals surface area contributed by atoms with Crippen LogP contribution in [0.2, 0.25) is 0 Å². The van der Waals surface area contributed by atoms with Gasteiger partial charge >= 0.3 is 0 Å². The third-order valence-corrected chi connectivity index (χ3v) is 8.98. The number of nitrogens with zero attached hydrogens (tertiary/aromatic N) is 4. The van der Waals surface area contributed by atoms with Crippen molar-refractivity contribution in [2.45, 2.75) is 63.2 Å². The number of benzene rings is 2. The standard InChI is InChI=1S/C25H31N5O3S/c1-2-30-22-11-10-20(34(32,33)29-12-6-3-7-13-29)15-21(22)27-24(30)17-28-16-19-9-5-4-8-18(19)14-23(28)25(26)31/h4-5,8-11,15,23H,2-3,6-7,12-14,16-17H2,1H3,(H2,26,31)/t23-/m0/s1. The van der Waals surface area contributed by atoms with Crippen LogP contribution in [0.3, 0.4) is 0 Å². The second-order valence-corrected chi connectivity index (χ2v) is 11.1. The number of fused-ring (bicyclic) bond motifs is 2. The van der Waals surface area contributed by atoms with Crippen molar-refractivity contribution < 1.29 is 13.2 Å². The predicted molar refractivity (Wildman–Crippen MR) is 130 cm³/mol. The van der Waals surface area contributed by atoms with Crippen LogP contribution in [0.1, 0.15) is 43.1 Å². The third-order valence-electron chi connectivity index (χ3n) is 7.09. The molecule has 1 fully saturated rings. The van der Waals surface area contributed by atoms with E-state index < -0.39 is 16.1 Å². The zero-order valence-electron chi connectivity index (χ0n) is 19.5. The van der Waals surface area contributed by atoms with Gasteiger partial charge in [-0.3, -0.25) is 9.69 Å². The highest BCUT2D eigenvalue weighted by Crippen LogP contribution is 2.28. The van der Waals surface area contributed by atoms with Gasteiger partial charge in [0.2, 0.25) is 15.9 Å². The monoisotopic (exact) mass is 481 g/mol. The molecule has 8 nitrogen and oxygen atoms in total. The van der Waals surface area contributed by atoms with Crippen molar-refractivity contribution in [1.82, 2.24) is 18.8 Å². The van der Waals surface area contributed by atoms with E-state index in [-0.39, 0.29) is 10.8 Å². The highest BCUT2D eigenvalue weighted by atomic mass is 32.2. The molecular formula is C25H31N5O3S. The van der Waals surface area contributed by atoms with E-state index in [2.05, 4.69) is 15.5 Å². The van der Waals surface area contributed by atoms with Crippen molar-refractivity contribution in [3.8, 4) is 0 Å². The molecule has 0 radical (unpaired) electrons. The minimum Gasteiger partial charge on any atom is -0.368 e. The zero-order valence-corrected chi connectivity index (χ0v) is 20.3. The van der Waals surface area contributed by atoms with Gasteiger partial charge in [-0.2, -0.15) is 4.31 Å². The molecule has 1 saturated heterocycles. The van der Waals surface area contributed by atoms with Crippen LogP contribution in [0.25, 0.3) is 11.0 Å². The quantitative estimate of drug-likeness (QED) is 0.583. The van der Waals surface area contributed by atoms with E-state index in [1.807, 2.05) is 31.2 Å². The molecule has 2 aromatic carbocycles. The molecule has 2 aliphatic heterocycles. The Labute approximate surface area is 200 Å². The van der Waals surface area contributed by atoms with Crippen LogP contribution in [0.15, 0.2) is 47.4 Å². The molecule has 1 atom stereocenters. The Morgan fingerprint density at radius 1 is 1.09 bits per heavy atom. The lowest BCUT2D eigenvalue weighted by atomic mass is 9.93. The van der Waals surface area contributed by atoms with Gasteiger partial charge in [0.15, 0.2) is 0 Å².